The lowest BCUT2D eigenvalue weighted by Gasteiger charge is -2.23. The summed E-state index contributed by atoms with van der Waals surface area (Å²) in [5.74, 6) is -0.628. The van der Waals surface area contributed by atoms with Crippen molar-refractivity contribution in [1.82, 2.24) is 14.8 Å². The Balaban J connectivity index is 1.73. The van der Waals surface area contributed by atoms with Crippen LogP contribution in [-0.4, -0.2) is 66.0 Å². The number of aromatic nitrogens is 1. The maximum Gasteiger partial charge on any atom is 0.340 e. The molecule has 118 valence electrons. The molecule has 0 spiro atoms. The van der Waals surface area contributed by atoms with Crippen LogP contribution in [0.5, 0.6) is 0 Å². The van der Waals surface area contributed by atoms with Gasteiger partial charge in [-0.1, -0.05) is 0 Å². The molecule has 1 amide bonds. The molecule has 1 aromatic rings. The molecule has 0 aromatic carbocycles. The molecule has 3 heterocycles. The first kappa shape index (κ1) is 15.0. The van der Waals surface area contributed by atoms with Crippen molar-refractivity contribution in [3.63, 3.8) is 0 Å². The van der Waals surface area contributed by atoms with E-state index in [-0.39, 0.29) is 11.5 Å². The van der Waals surface area contributed by atoms with Gasteiger partial charge in [-0.25, -0.2) is 4.79 Å². The van der Waals surface area contributed by atoms with Crippen LogP contribution in [0.1, 0.15) is 40.0 Å². The standard InChI is InChI=1S/C16H21N3O3/c1-22-16(21)14-10-17-6-4-13(14)15(20)19-9-5-12(11-19)18-7-2-3-8-18/h4,6,10,12H,2-3,5,7-9,11H2,1H3. The third kappa shape index (κ3) is 2.83. The second kappa shape index (κ2) is 6.44. The Hall–Kier alpha value is -1.95. The molecule has 22 heavy (non-hydrogen) atoms. The molecule has 0 aliphatic carbocycles. The third-order valence-corrected chi connectivity index (χ3v) is 4.56. The van der Waals surface area contributed by atoms with Crippen molar-refractivity contribution in [1.29, 1.82) is 0 Å². The van der Waals surface area contributed by atoms with Gasteiger partial charge in [-0.05, 0) is 38.4 Å². The molecule has 1 aromatic heterocycles. The number of nitrogens with zero attached hydrogens (tertiary/aromatic N) is 3. The predicted molar refractivity (Wildman–Crippen MR) is 80.7 cm³/mol. The van der Waals surface area contributed by atoms with Crippen LogP contribution in [0.2, 0.25) is 0 Å². The van der Waals surface area contributed by atoms with Gasteiger partial charge in [0.1, 0.15) is 0 Å². The zero-order valence-corrected chi connectivity index (χ0v) is 12.8. The van der Waals surface area contributed by atoms with Crippen molar-refractivity contribution >= 4 is 11.9 Å². The van der Waals surface area contributed by atoms with Gasteiger partial charge in [0.05, 0.1) is 18.2 Å². The summed E-state index contributed by atoms with van der Waals surface area (Å²) in [5.41, 5.74) is 0.614. The van der Waals surface area contributed by atoms with E-state index in [4.69, 9.17) is 4.74 Å². The van der Waals surface area contributed by atoms with Crippen LogP contribution in [0.15, 0.2) is 18.5 Å². The summed E-state index contributed by atoms with van der Waals surface area (Å²) in [4.78, 5) is 32.7. The van der Waals surface area contributed by atoms with Crippen molar-refractivity contribution in [2.45, 2.75) is 25.3 Å². The Kier molecular flexibility index (Phi) is 4.38. The molecule has 0 N–H and O–H groups in total. The molecular weight excluding hydrogens is 282 g/mol. The number of rotatable bonds is 3. The van der Waals surface area contributed by atoms with Gasteiger partial charge in [0.25, 0.3) is 5.91 Å². The van der Waals surface area contributed by atoms with Gasteiger partial charge < -0.3 is 9.64 Å². The summed E-state index contributed by atoms with van der Waals surface area (Å²) in [6, 6.07) is 2.05. The van der Waals surface area contributed by atoms with E-state index < -0.39 is 5.97 Å². The first-order chi connectivity index (χ1) is 10.7. The fourth-order valence-electron chi connectivity index (χ4n) is 3.35. The molecular formula is C16H21N3O3. The second-order valence-electron chi connectivity index (χ2n) is 5.85. The summed E-state index contributed by atoms with van der Waals surface area (Å²) < 4.78 is 4.73. The number of carbonyl (C=O) groups excluding carboxylic acids is 2. The van der Waals surface area contributed by atoms with E-state index in [9.17, 15) is 9.59 Å². The molecule has 0 saturated carbocycles. The van der Waals surface area contributed by atoms with Gasteiger partial charge in [0, 0.05) is 31.5 Å². The quantitative estimate of drug-likeness (QED) is 0.785. The van der Waals surface area contributed by atoms with Crippen molar-refractivity contribution in [2.75, 3.05) is 33.3 Å². The summed E-state index contributed by atoms with van der Waals surface area (Å²) in [7, 11) is 1.31. The summed E-state index contributed by atoms with van der Waals surface area (Å²) in [6.07, 6.45) is 6.44. The number of ether oxygens (including phenoxy) is 1. The lowest BCUT2D eigenvalue weighted by molar-refractivity contribution is 0.0591. The van der Waals surface area contributed by atoms with Crippen molar-refractivity contribution in [3.05, 3.63) is 29.6 Å². The number of amides is 1. The van der Waals surface area contributed by atoms with E-state index in [1.807, 2.05) is 4.90 Å². The highest BCUT2D eigenvalue weighted by molar-refractivity contribution is 6.05. The summed E-state index contributed by atoms with van der Waals surface area (Å²) in [6.45, 7) is 3.75. The minimum absolute atomic E-state index is 0.107. The SMILES string of the molecule is COC(=O)c1cnccc1C(=O)N1CCC(N2CCCC2)C1. The number of hydrogen-bond donors (Lipinski definition) is 0. The van der Waals surface area contributed by atoms with E-state index >= 15 is 0 Å². The van der Waals surface area contributed by atoms with Crippen LogP contribution in [0, 0.1) is 0 Å². The monoisotopic (exact) mass is 303 g/mol. The highest BCUT2D eigenvalue weighted by Gasteiger charge is 2.33. The van der Waals surface area contributed by atoms with Crippen molar-refractivity contribution < 1.29 is 14.3 Å². The predicted octanol–water partition coefficient (Wildman–Crippen LogP) is 1.18. The molecule has 2 aliphatic rings. The number of esters is 1. The smallest absolute Gasteiger partial charge is 0.340 e. The van der Waals surface area contributed by atoms with Gasteiger partial charge in [-0.2, -0.15) is 0 Å². The Morgan fingerprint density at radius 1 is 1.23 bits per heavy atom. The first-order valence-electron chi connectivity index (χ1n) is 7.76. The fourth-order valence-corrected chi connectivity index (χ4v) is 3.35. The zero-order valence-electron chi connectivity index (χ0n) is 12.8. The van der Waals surface area contributed by atoms with Crippen molar-refractivity contribution in [2.24, 2.45) is 0 Å². The molecule has 2 fully saturated rings. The average molecular weight is 303 g/mol. The fraction of sp³-hybridized carbons (Fsp3) is 0.562. The molecule has 1 unspecified atom stereocenters. The van der Waals surface area contributed by atoms with Gasteiger partial charge >= 0.3 is 5.97 Å². The molecule has 1 atom stereocenters. The molecule has 0 radical (unpaired) electrons. The average Bonchev–Trinajstić information content (AvgIpc) is 3.24. The summed E-state index contributed by atoms with van der Waals surface area (Å²) >= 11 is 0. The Labute approximate surface area is 130 Å². The van der Waals surface area contributed by atoms with Crippen LogP contribution in [-0.2, 0) is 4.74 Å². The largest absolute Gasteiger partial charge is 0.465 e. The molecule has 2 saturated heterocycles. The van der Waals surface area contributed by atoms with Gasteiger partial charge in [0.2, 0.25) is 0 Å². The summed E-state index contributed by atoms with van der Waals surface area (Å²) in [5, 5.41) is 0. The van der Waals surface area contributed by atoms with E-state index in [1.165, 1.54) is 32.3 Å². The number of hydrogen-bond acceptors (Lipinski definition) is 5. The minimum Gasteiger partial charge on any atom is -0.465 e. The normalized spacial score (nSPS) is 22.0. The lowest BCUT2D eigenvalue weighted by atomic mass is 10.1. The minimum atomic E-state index is -0.522. The molecule has 6 heteroatoms. The van der Waals surface area contributed by atoms with Crippen LogP contribution in [0.25, 0.3) is 0 Å². The second-order valence-corrected chi connectivity index (χ2v) is 5.85. The van der Waals surface area contributed by atoms with Crippen LogP contribution in [0.4, 0.5) is 0 Å². The molecule has 2 aliphatic heterocycles. The molecule has 0 bridgehead atoms. The van der Waals surface area contributed by atoms with Crippen LogP contribution >= 0.6 is 0 Å². The highest BCUT2D eigenvalue weighted by Crippen LogP contribution is 2.22. The molecule has 6 nitrogen and oxygen atoms in total. The Bertz CT molecular complexity index is 570. The van der Waals surface area contributed by atoms with E-state index in [1.54, 1.807) is 6.07 Å². The Morgan fingerprint density at radius 3 is 2.73 bits per heavy atom. The third-order valence-electron chi connectivity index (χ3n) is 4.56. The van der Waals surface area contributed by atoms with Crippen LogP contribution in [0.3, 0.4) is 0 Å². The zero-order chi connectivity index (χ0) is 15.5. The number of carbonyl (C=O) groups is 2. The van der Waals surface area contributed by atoms with Gasteiger partial charge in [-0.15, -0.1) is 0 Å². The van der Waals surface area contributed by atoms with E-state index in [0.717, 1.165) is 32.6 Å². The first-order valence-corrected chi connectivity index (χ1v) is 7.76. The number of likely N-dealkylation sites (tertiary alicyclic amines) is 2. The Morgan fingerprint density at radius 2 is 2.00 bits per heavy atom. The van der Waals surface area contributed by atoms with Crippen molar-refractivity contribution in [3.8, 4) is 0 Å². The highest BCUT2D eigenvalue weighted by atomic mass is 16.5. The lowest BCUT2D eigenvalue weighted by Crippen LogP contribution is -2.37. The van der Waals surface area contributed by atoms with Gasteiger partial charge in [0.15, 0.2) is 0 Å². The van der Waals surface area contributed by atoms with Gasteiger partial charge in [-0.3, -0.25) is 14.7 Å². The van der Waals surface area contributed by atoms with E-state index in [0.29, 0.717) is 11.6 Å². The maximum absolute atomic E-state index is 12.7. The maximum atomic E-state index is 12.7. The number of pyridine rings is 1. The van der Waals surface area contributed by atoms with E-state index in [2.05, 4.69) is 9.88 Å². The topological polar surface area (TPSA) is 62.7 Å². The molecule has 3 rings (SSSR count). The van der Waals surface area contributed by atoms with Crippen LogP contribution < -0.4 is 0 Å². The number of methoxy groups -OCH3 is 1.